The highest BCUT2D eigenvalue weighted by Gasteiger charge is 2.19. The van der Waals surface area contributed by atoms with Crippen LogP contribution in [0.2, 0.25) is 0 Å². The molecule has 1 N–H and O–H groups in total. The van der Waals surface area contributed by atoms with E-state index in [-0.39, 0.29) is 5.92 Å². The number of aromatic nitrogens is 2. The minimum Gasteiger partial charge on any atom is -0.497 e. The Hall–Kier alpha value is -1.88. The van der Waals surface area contributed by atoms with Gasteiger partial charge < -0.3 is 14.4 Å². The summed E-state index contributed by atoms with van der Waals surface area (Å²) >= 11 is 0. The fourth-order valence-electron chi connectivity index (χ4n) is 1.48. The highest BCUT2D eigenvalue weighted by Crippen LogP contribution is 2.23. The van der Waals surface area contributed by atoms with Gasteiger partial charge in [0.15, 0.2) is 0 Å². The van der Waals surface area contributed by atoms with Crippen molar-refractivity contribution in [3.05, 3.63) is 30.2 Å². The molecule has 1 aromatic heterocycles. The van der Waals surface area contributed by atoms with Gasteiger partial charge in [0.25, 0.3) is 0 Å². The lowest BCUT2D eigenvalue weighted by Crippen LogP contribution is -2.11. The molecule has 0 saturated carbocycles. The molecule has 0 aliphatic carbocycles. The third-order valence-electron chi connectivity index (χ3n) is 2.90. The van der Waals surface area contributed by atoms with Crippen molar-refractivity contribution in [3.8, 4) is 17.1 Å². The molecule has 5 nitrogen and oxygen atoms in total. The predicted octanol–water partition coefficient (Wildman–Crippen LogP) is 2.23. The molecule has 0 saturated heterocycles. The zero-order valence-corrected chi connectivity index (χ0v) is 10.6. The van der Waals surface area contributed by atoms with Crippen LogP contribution in [0.3, 0.4) is 0 Å². The third-order valence-corrected chi connectivity index (χ3v) is 2.90. The van der Waals surface area contributed by atoms with E-state index >= 15 is 0 Å². The number of methoxy groups -OCH3 is 1. The summed E-state index contributed by atoms with van der Waals surface area (Å²) in [4.78, 5) is 4.28. The van der Waals surface area contributed by atoms with E-state index in [4.69, 9.17) is 9.26 Å². The number of hydrogen-bond acceptors (Lipinski definition) is 5. The monoisotopic (exact) mass is 248 g/mol. The zero-order valence-electron chi connectivity index (χ0n) is 10.6. The summed E-state index contributed by atoms with van der Waals surface area (Å²) in [7, 11) is 1.62. The van der Waals surface area contributed by atoms with Gasteiger partial charge in [-0.15, -0.1) is 0 Å². The normalized spacial score (nSPS) is 14.2. The van der Waals surface area contributed by atoms with Gasteiger partial charge in [-0.3, -0.25) is 0 Å². The van der Waals surface area contributed by atoms with Crippen molar-refractivity contribution < 1.29 is 14.4 Å². The average Bonchev–Trinajstić information content (AvgIpc) is 2.87. The van der Waals surface area contributed by atoms with Crippen molar-refractivity contribution in [2.75, 3.05) is 7.11 Å². The molecule has 18 heavy (non-hydrogen) atoms. The molecule has 96 valence electrons. The number of benzene rings is 1. The quantitative estimate of drug-likeness (QED) is 0.898. The molecule has 0 aliphatic heterocycles. The Morgan fingerprint density at radius 1 is 1.22 bits per heavy atom. The first-order chi connectivity index (χ1) is 8.61. The van der Waals surface area contributed by atoms with Gasteiger partial charge in [-0.2, -0.15) is 4.98 Å². The maximum Gasteiger partial charge on any atom is 0.232 e. The molecule has 0 aliphatic rings. The number of aliphatic hydroxyl groups is 1. The van der Waals surface area contributed by atoms with Crippen molar-refractivity contribution in [1.82, 2.24) is 10.1 Å². The fourth-order valence-corrected chi connectivity index (χ4v) is 1.48. The molecule has 2 unspecified atom stereocenters. The fraction of sp³-hybridized carbons (Fsp3) is 0.385. The first-order valence-electron chi connectivity index (χ1n) is 5.78. The van der Waals surface area contributed by atoms with Gasteiger partial charge in [-0.25, -0.2) is 0 Å². The largest absolute Gasteiger partial charge is 0.497 e. The molecule has 1 heterocycles. The van der Waals surface area contributed by atoms with Crippen LogP contribution in [-0.4, -0.2) is 28.5 Å². The first kappa shape index (κ1) is 12.6. The van der Waals surface area contributed by atoms with Gasteiger partial charge >= 0.3 is 0 Å². The number of ether oxygens (including phenoxy) is 1. The Balaban J connectivity index is 2.23. The summed E-state index contributed by atoms with van der Waals surface area (Å²) in [5.74, 6) is 1.56. The zero-order chi connectivity index (χ0) is 13.1. The lowest BCUT2D eigenvalue weighted by atomic mass is 10.1. The van der Waals surface area contributed by atoms with Gasteiger partial charge in [-0.1, -0.05) is 12.1 Å². The molecule has 0 fully saturated rings. The second-order valence-corrected chi connectivity index (χ2v) is 4.21. The molecule has 0 radical (unpaired) electrons. The van der Waals surface area contributed by atoms with Crippen molar-refractivity contribution in [2.24, 2.45) is 0 Å². The SMILES string of the molecule is COc1ccc(-c2noc(C(C)C(C)O)n2)cc1. The van der Waals surface area contributed by atoms with Crippen LogP contribution in [0, 0.1) is 0 Å². The molecule has 2 aromatic rings. The summed E-state index contributed by atoms with van der Waals surface area (Å²) in [5.41, 5.74) is 0.851. The van der Waals surface area contributed by atoms with Crippen LogP contribution in [0.4, 0.5) is 0 Å². The van der Waals surface area contributed by atoms with Crippen LogP contribution < -0.4 is 4.74 Å². The maximum atomic E-state index is 9.48. The molecule has 0 amide bonds. The highest BCUT2D eigenvalue weighted by atomic mass is 16.5. The molecule has 2 rings (SSSR count). The number of aliphatic hydroxyl groups excluding tert-OH is 1. The first-order valence-corrected chi connectivity index (χ1v) is 5.78. The standard InChI is InChI=1S/C13H16N2O3/c1-8(9(2)16)13-14-12(15-18-13)10-4-6-11(17-3)7-5-10/h4-9,16H,1-3H3. The van der Waals surface area contributed by atoms with E-state index in [1.165, 1.54) is 0 Å². The Bertz CT molecular complexity index is 505. The Kier molecular flexibility index (Phi) is 3.62. The maximum absolute atomic E-state index is 9.48. The molecule has 0 spiro atoms. The van der Waals surface area contributed by atoms with E-state index in [1.807, 2.05) is 31.2 Å². The van der Waals surface area contributed by atoms with Crippen LogP contribution >= 0.6 is 0 Å². The van der Waals surface area contributed by atoms with Gasteiger partial charge in [0, 0.05) is 5.56 Å². The lowest BCUT2D eigenvalue weighted by molar-refractivity contribution is 0.151. The Morgan fingerprint density at radius 3 is 2.44 bits per heavy atom. The third kappa shape index (κ3) is 2.51. The highest BCUT2D eigenvalue weighted by molar-refractivity contribution is 5.55. The molecule has 5 heteroatoms. The number of hydrogen-bond donors (Lipinski definition) is 1. The van der Waals surface area contributed by atoms with Crippen LogP contribution in [0.15, 0.2) is 28.8 Å². The summed E-state index contributed by atoms with van der Waals surface area (Å²) in [6.45, 7) is 3.54. The number of nitrogens with zero attached hydrogens (tertiary/aromatic N) is 2. The van der Waals surface area contributed by atoms with Crippen LogP contribution in [0.1, 0.15) is 25.7 Å². The van der Waals surface area contributed by atoms with E-state index in [2.05, 4.69) is 10.1 Å². The van der Waals surface area contributed by atoms with Crippen LogP contribution in [0.5, 0.6) is 5.75 Å². The summed E-state index contributed by atoms with van der Waals surface area (Å²) in [6.07, 6.45) is -0.519. The average molecular weight is 248 g/mol. The van der Waals surface area contributed by atoms with E-state index in [1.54, 1.807) is 14.0 Å². The van der Waals surface area contributed by atoms with Gasteiger partial charge in [-0.05, 0) is 31.2 Å². The molecular weight excluding hydrogens is 232 g/mol. The Labute approximate surface area is 105 Å². The Morgan fingerprint density at radius 2 is 1.89 bits per heavy atom. The lowest BCUT2D eigenvalue weighted by Gasteiger charge is -2.07. The summed E-state index contributed by atoms with van der Waals surface area (Å²) in [6, 6.07) is 7.40. The molecule has 1 aromatic carbocycles. The minimum atomic E-state index is -0.519. The predicted molar refractivity (Wildman–Crippen MR) is 66.4 cm³/mol. The van der Waals surface area contributed by atoms with Crippen molar-refractivity contribution in [2.45, 2.75) is 25.9 Å². The molecule has 0 bridgehead atoms. The van der Waals surface area contributed by atoms with E-state index in [0.717, 1.165) is 11.3 Å². The second kappa shape index (κ2) is 5.18. The van der Waals surface area contributed by atoms with Crippen LogP contribution in [-0.2, 0) is 0 Å². The van der Waals surface area contributed by atoms with Crippen molar-refractivity contribution >= 4 is 0 Å². The molecular formula is C13H16N2O3. The van der Waals surface area contributed by atoms with Gasteiger partial charge in [0.05, 0.1) is 19.1 Å². The minimum absolute atomic E-state index is 0.176. The summed E-state index contributed by atoms with van der Waals surface area (Å²) < 4.78 is 10.2. The van der Waals surface area contributed by atoms with Crippen molar-refractivity contribution in [1.29, 1.82) is 0 Å². The van der Waals surface area contributed by atoms with Crippen molar-refractivity contribution in [3.63, 3.8) is 0 Å². The smallest absolute Gasteiger partial charge is 0.232 e. The number of rotatable bonds is 4. The second-order valence-electron chi connectivity index (χ2n) is 4.21. The van der Waals surface area contributed by atoms with Gasteiger partial charge in [0.2, 0.25) is 11.7 Å². The topological polar surface area (TPSA) is 68.4 Å². The van der Waals surface area contributed by atoms with Gasteiger partial charge in [0.1, 0.15) is 5.75 Å². The van der Waals surface area contributed by atoms with E-state index < -0.39 is 6.10 Å². The molecule has 2 atom stereocenters. The van der Waals surface area contributed by atoms with E-state index in [0.29, 0.717) is 11.7 Å². The summed E-state index contributed by atoms with van der Waals surface area (Å²) in [5, 5.41) is 13.4. The van der Waals surface area contributed by atoms with Crippen LogP contribution in [0.25, 0.3) is 11.4 Å². The van der Waals surface area contributed by atoms with E-state index in [9.17, 15) is 5.11 Å².